The molecule has 0 spiro atoms. The molecule has 4 atom stereocenters. The highest BCUT2D eigenvalue weighted by Gasteiger charge is 2.23. The molecular formula is C28H46O4. The van der Waals surface area contributed by atoms with Crippen LogP contribution in [0.4, 0.5) is 0 Å². The second kappa shape index (κ2) is 14.4. The molecule has 32 heavy (non-hydrogen) atoms. The van der Waals surface area contributed by atoms with Gasteiger partial charge in [0.25, 0.3) is 0 Å². The van der Waals surface area contributed by atoms with E-state index in [4.69, 9.17) is 5.11 Å². The van der Waals surface area contributed by atoms with Crippen molar-refractivity contribution in [1.82, 2.24) is 0 Å². The average Bonchev–Trinajstić information content (AvgIpc) is 2.73. The van der Waals surface area contributed by atoms with Crippen molar-refractivity contribution >= 4 is 17.5 Å². The van der Waals surface area contributed by atoms with E-state index in [1.165, 1.54) is 38.5 Å². The zero-order valence-electron chi connectivity index (χ0n) is 21.3. The van der Waals surface area contributed by atoms with E-state index in [0.29, 0.717) is 35.0 Å². The summed E-state index contributed by atoms with van der Waals surface area (Å²) >= 11 is 0. The van der Waals surface area contributed by atoms with Crippen LogP contribution in [0.1, 0.15) is 112 Å². The van der Waals surface area contributed by atoms with Crippen molar-refractivity contribution in [1.29, 1.82) is 0 Å². The van der Waals surface area contributed by atoms with Crippen molar-refractivity contribution < 1.29 is 19.5 Å². The number of Topliss-reactive ketones (excluding diaryl/α,β-unsaturated/α-hetero) is 1. The molecule has 0 bridgehead atoms. The number of aliphatic carboxylic acids is 1. The normalized spacial score (nSPS) is 18.4. The third-order valence-electron chi connectivity index (χ3n) is 7.32. The summed E-state index contributed by atoms with van der Waals surface area (Å²) in [5.41, 5.74) is 1.88. The summed E-state index contributed by atoms with van der Waals surface area (Å²) in [7, 11) is 0. The SMILES string of the molecule is CC1=C(C)C(=O)C(CCC(C)CCCC(C)CCCC(C)CCCC(C)C(=O)O)=CC1=O. The molecule has 4 nitrogen and oxygen atoms in total. The summed E-state index contributed by atoms with van der Waals surface area (Å²) in [6.07, 6.45) is 13.5. The first-order chi connectivity index (χ1) is 15.0. The molecule has 0 aromatic rings. The molecule has 1 aliphatic rings. The maximum Gasteiger partial charge on any atom is 0.306 e. The van der Waals surface area contributed by atoms with E-state index >= 15 is 0 Å². The Morgan fingerprint density at radius 3 is 1.66 bits per heavy atom. The molecular weight excluding hydrogens is 400 g/mol. The lowest BCUT2D eigenvalue weighted by atomic mass is 9.86. The zero-order chi connectivity index (χ0) is 24.3. The van der Waals surface area contributed by atoms with Crippen molar-refractivity contribution in [2.75, 3.05) is 0 Å². The van der Waals surface area contributed by atoms with Crippen molar-refractivity contribution in [3.05, 3.63) is 22.8 Å². The quantitative estimate of drug-likeness (QED) is 0.252. The van der Waals surface area contributed by atoms with Gasteiger partial charge in [0.15, 0.2) is 11.6 Å². The van der Waals surface area contributed by atoms with Crippen LogP contribution in [-0.2, 0) is 14.4 Å². The summed E-state index contributed by atoms with van der Waals surface area (Å²) in [4.78, 5) is 35.2. The van der Waals surface area contributed by atoms with Crippen molar-refractivity contribution in [2.24, 2.45) is 23.7 Å². The summed E-state index contributed by atoms with van der Waals surface area (Å²) < 4.78 is 0. The molecule has 4 heteroatoms. The van der Waals surface area contributed by atoms with E-state index in [1.807, 2.05) is 0 Å². The lowest BCUT2D eigenvalue weighted by Crippen LogP contribution is -2.17. The number of carbonyl (C=O) groups is 3. The molecule has 0 radical (unpaired) electrons. The minimum atomic E-state index is -0.683. The van der Waals surface area contributed by atoms with Crippen LogP contribution in [0.3, 0.4) is 0 Å². The van der Waals surface area contributed by atoms with Crippen LogP contribution in [0.2, 0.25) is 0 Å². The van der Waals surface area contributed by atoms with Crippen molar-refractivity contribution in [3.63, 3.8) is 0 Å². The standard InChI is InChI=1S/C28H46O4/c1-19(10-7-11-20(2)14-9-15-22(4)28(31)32)12-8-13-21(3)16-17-25-18-26(29)23(5)24(6)27(25)30/h18-22H,7-17H2,1-6H3,(H,31,32). The van der Waals surface area contributed by atoms with E-state index < -0.39 is 5.97 Å². The first-order valence-corrected chi connectivity index (χ1v) is 12.7. The van der Waals surface area contributed by atoms with Gasteiger partial charge >= 0.3 is 5.97 Å². The van der Waals surface area contributed by atoms with Crippen molar-refractivity contribution in [2.45, 2.75) is 112 Å². The van der Waals surface area contributed by atoms with E-state index in [0.717, 1.165) is 31.6 Å². The minimum Gasteiger partial charge on any atom is -0.481 e. The van der Waals surface area contributed by atoms with Gasteiger partial charge in [-0.25, -0.2) is 0 Å². The number of hydrogen-bond acceptors (Lipinski definition) is 3. The van der Waals surface area contributed by atoms with Gasteiger partial charge in [-0.3, -0.25) is 14.4 Å². The Balaban J connectivity index is 2.14. The van der Waals surface area contributed by atoms with Crippen LogP contribution in [0.25, 0.3) is 0 Å². The summed E-state index contributed by atoms with van der Waals surface area (Å²) in [5, 5.41) is 8.95. The Morgan fingerprint density at radius 1 is 0.750 bits per heavy atom. The average molecular weight is 447 g/mol. The predicted octanol–water partition coefficient (Wildman–Crippen LogP) is 7.32. The molecule has 4 unspecified atom stereocenters. The van der Waals surface area contributed by atoms with Gasteiger partial charge in [0.05, 0.1) is 5.92 Å². The van der Waals surface area contributed by atoms with Gasteiger partial charge in [0, 0.05) is 16.7 Å². The van der Waals surface area contributed by atoms with Crippen LogP contribution >= 0.6 is 0 Å². The third-order valence-corrected chi connectivity index (χ3v) is 7.32. The zero-order valence-corrected chi connectivity index (χ0v) is 21.3. The minimum absolute atomic E-state index is 0.0114. The summed E-state index contributed by atoms with van der Waals surface area (Å²) in [6, 6.07) is 0. The summed E-state index contributed by atoms with van der Waals surface area (Å²) in [6.45, 7) is 12.2. The third kappa shape index (κ3) is 10.3. The number of carboxylic acid groups (broad SMARTS) is 1. The molecule has 0 amide bonds. The van der Waals surface area contributed by atoms with E-state index in [1.54, 1.807) is 26.8 Å². The fourth-order valence-corrected chi connectivity index (χ4v) is 4.47. The van der Waals surface area contributed by atoms with Gasteiger partial charge in [-0.05, 0) is 56.9 Å². The Morgan fingerprint density at radius 2 is 1.19 bits per heavy atom. The van der Waals surface area contributed by atoms with Crippen molar-refractivity contribution in [3.8, 4) is 0 Å². The maximum atomic E-state index is 12.4. The van der Waals surface area contributed by atoms with Gasteiger partial charge in [-0.15, -0.1) is 0 Å². The van der Waals surface area contributed by atoms with Gasteiger partial charge in [0.2, 0.25) is 0 Å². The second-order valence-corrected chi connectivity index (χ2v) is 10.5. The molecule has 1 aliphatic carbocycles. The number of allylic oxidation sites excluding steroid dienone is 4. The Hall–Kier alpha value is -1.71. The fraction of sp³-hybridized carbons (Fsp3) is 0.750. The highest BCUT2D eigenvalue weighted by atomic mass is 16.4. The topological polar surface area (TPSA) is 71.4 Å². The smallest absolute Gasteiger partial charge is 0.306 e. The highest BCUT2D eigenvalue weighted by molar-refractivity contribution is 6.22. The number of hydrogen-bond donors (Lipinski definition) is 1. The molecule has 0 aliphatic heterocycles. The first-order valence-electron chi connectivity index (χ1n) is 12.7. The number of rotatable bonds is 16. The van der Waals surface area contributed by atoms with Crippen LogP contribution in [0.5, 0.6) is 0 Å². The van der Waals surface area contributed by atoms with E-state index in [9.17, 15) is 14.4 Å². The van der Waals surface area contributed by atoms with Gasteiger partial charge in [0.1, 0.15) is 0 Å². The van der Waals surface area contributed by atoms with Gasteiger partial charge < -0.3 is 5.11 Å². The van der Waals surface area contributed by atoms with Crippen LogP contribution < -0.4 is 0 Å². The maximum absolute atomic E-state index is 12.4. The Kier molecular flexibility index (Phi) is 12.8. The highest BCUT2D eigenvalue weighted by Crippen LogP contribution is 2.26. The number of ketones is 2. The Labute approximate surface area is 195 Å². The molecule has 0 heterocycles. The lowest BCUT2D eigenvalue weighted by Gasteiger charge is -2.18. The van der Waals surface area contributed by atoms with Crippen LogP contribution in [0.15, 0.2) is 22.8 Å². The van der Waals surface area contributed by atoms with Crippen LogP contribution in [-0.4, -0.2) is 22.6 Å². The number of carboxylic acids is 1. The molecule has 0 saturated carbocycles. The monoisotopic (exact) mass is 446 g/mol. The molecule has 0 fully saturated rings. The molecule has 182 valence electrons. The molecule has 0 saturated heterocycles. The second-order valence-electron chi connectivity index (χ2n) is 10.5. The van der Waals surface area contributed by atoms with Crippen LogP contribution in [0, 0.1) is 23.7 Å². The summed E-state index contributed by atoms with van der Waals surface area (Å²) in [5.74, 6) is 1.10. The lowest BCUT2D eigenvalue weighted by molar-refractivity contribution is -0.141. The molecule has 1 N–H and O–H groups in total. The first kappa shape index (κ1) is 28.3. The fourth-order valence-electron chi connectivity index (χ4n) is 4.47. The Bertz CT molecular complexity index is 700. The van der Waals surface area contributed by atoms with E-state index in [-0.39, 0.29) is 17.5 Å². The number of carbonyl (C=O) groups excluding carboxylic acids is 2. The molecule has 0 aromatic carbocycles. The van der Waals surface area contributed by atoms with E-state index in [2.05, 4.69) is 20.8 Å². The largest absolute Gasteiger partial charge is 0.481 e. The van der Waals surface area contributed by atoms with Gasteiger partial charge in [-0.1, -0.05) is 79.1 Å². The molecule has 0 aromatic heterocycles. The van der Waals surface area contributed by atoms with Gasteiger partial charge in [-0.2, -0.15) is 0 Å². The predicted molar refractivity (Wildman–Crippen MR) is 132 cm³/mol. The molecule has 1 rings (SSSR count).